The number of pyridine rings is 1. The lowest BCUT2D eigenvalue weighted by atomic mass is 10.2. The highest BCUT2D eigenvalue weighted by Crippen LogP contribution is 2.34. The predicted octanol–water partition coefficient (Wildman–Crippen LogP) is 1.57. The Bertz CT molecular complexity index is 950. The second kappa shape index (κ2) is 8.53. The molecule has 1 aliphatic heterocycles. The van der Waals surface area contributed by atoms with Gasteiger partial charge >= 0.3 is 0 Å². The topological polar surface area (TPSA) is 97.8 Å². The number of aromatic nitrogens is 1. The Balaban J connectivity index is 1.88. The van der Waals surface area contributed by atoms with Crippen LogP contribution < -0.4 is 14.4 Å². The van der Waals surface area contributed by atoms with Crippen LogP contribution in [0.1, 0.15) is 16.8 Å². The number of rotatable bonds is 7. The van der Waals surface area contributed by atoms with E-state index < -0.39 is 15.8 Å². The maximum atomic E-state index is 13.2. The van der Waals surface area contributed by atoms with Gasteiger partial charge in [-0.3, -0.25) is 9.10 Å². The van der Waals surface area contributed by atoms with Crippen molar-refractivity contribution in [1.29, 1.82) is 0 Å². The Hall–Kier alpha value is -2.72. The zero-order valence-corrected chi connectivity index (χ0v) is 16.0. The second-order valence-electron chi connectivity index (χ2n) is 6.03. The molecule has 1 aliphatic rings. The van der Waals surface area contributed by atoms with Crippen molar-refractivity contribution in [3.63, 3.8) is 0 Å². The number of nitrogens with zero attached hydrogens (tertiary/aromatic N) is 2. The van der Waals surface area contributed by atoms with Gasteiger partial charge in [0.05, 0.1) is 17.0 Å². The number of sulfonamides is 1. The third-order valence-corrected chi connectivity index (χ3v) is 5.94. The fourth-order valence-electron chi connectivity index (χ4n) is 2.70. The molecule has 1 N–H and O–H groups in total. The Labute approximate surface area is 162 Å². The predicted molar refractivity (Wildman–Crippen MR) is 99.5 cm³/mol. The van der Waals surface area contributed by atoms with Crippen molar-refractivity contribution >= 4 is 21.6 Å². The van der Waals surface area contributed by atoms with Gasteiger partial charge in [0.2, 0.25) is 5.88 Å². The number of amides is 1. The number of carbonyl (C=O) groups is 1. The Kier molecular flexibility index (Phi) is 6.10. The van der Waals surface area contributed by atoms with Gasteiger partial charge in [0.25, 0.3) is 15.9 Å². The summed E-state index contributed by atoms with van der Waals surface area (Å²) in [5.41, 5.74) is 0.376. The van der Waals surface area contributed by atoms with Crippen molar-refractivity contribution in [2.75, 3.05) is 37.7 Å². The molecule has 0 spiro atoms. The van der Waals surface area contributed by atoms with Gasteiger partial charge in [-0.2, -0.15) is 0 Å². The third-order valence-electron chi connectivity index (χ3n) is 4.11. The van der Waals surface area contributed by atoms with Crippen LogP contribution in [0.25, 0.3) is 0 Å². The summed E-state index contributed by atoms with van der Waals surface area (Å²) in [5.74, 6) is -0.792. The van der Waals surface area contributed by atoms with Gasteiger partial charge < -0.3 is 14.8 Å². The first-order chi connectivity index (χ1) is 13.4. The Morgan fingerprint density at radius 1 is 1.36 bits per heavy atom. The summed E-state index contributed by atoms with van der Waals surface area (Å²) in [5, 5.41) is 2.72. The molecule has 0 bridgehead atoms. The molecule has 10 heteroatoms. The van der Waals surface area contributed by atoms with Gasteiger partial charge in [-0.1, -0.05) is 0 Å². The summed E-state index contributed by atoms with van der Waals surface area (Å²) >= 11 is 0. The zero-order chi connectivity index (χ0) is 20.1. The normalized spacial score (nSPS) is 13.6. The molecule has 150 valence electrons. The summed E-state index contributed by atoms with van der Waals surface area (Å²) in [6.07, 6.45) is 1.98. The SMILES string of the molecule is COCCCNC(=O)c1cnc2c(c1)N(S(=O)(=O)c1ccc(F)cc1)CCO2. The molecule has 3 rings (SSSR count). The highest BCUT2D eigenvalue weighted by atomic mass is 32.2. The van der Waals surface area contributed by atoms with Crippen molar-refractivity contribution in [2.45, 2.75) is 11.3 Å². The average Bonchev–Trinajstić information content (AvgIpc) is 2.70. The first kappa shape index (κ1) is 20.0. The summed E-state index contributed by atoms with van der Waals surface area (Å²) < 4.78 is 50.6. The van der Waals surface area contributed by atoms with Gasteiger partial charge in [-0.25, -0.2) is 17.8 Å². The quantitative estimate of drug-likeness (QED) is 0.698. The molecule has 0 unspecified atom stereocenters. The monoisotopic (exact) mass is 409 g/mol. The molecule has 2 heterocycles. The number of hydrogen-bond donors (Lipinski definition) is 1. The standard InChI is InChI=1S/C18H20FN3O5S/c1-26-9-2-7-20-17(23)13-11-16-18(21-12-13)27-10-8-22(16)28(24,25)15-5-3-14(19)4-6-15/h3-6,11-12H,2,7-10H2,1H3,(H,20,23). The number of methoxy groups -OCH3 is 1. The van der Waals surface area contributed by atoms with E-state index in [4.69, 9.17) is 9.47 Å². The minimum absolute atomic E-state index is 0.0489. The van der Waals surface area contributed by atoms with Gasteiger partial charge in [0, 0.05) is 26.5 Å². The van der Waals surface area contributed by atoms with Crippen LogP contribution in [-0.2, 0) is 14.8 Å². The van der Waals surface area contributed by atoms with E-state index >= 15 is 0 Å². The molecule has 0 saturated carbocycles. The number of benzene rings is 1. The maximum absolute atomic E-state index is 13.2. The van der Waals surface area contributed by atoms with Crippen LogP contribution in [0.5, 0.6) is 5.88 Å². The molecule has 0 radical (unpaired) electrons. The molecule has 0 atom stereocenters. The van der Waals surface area contributed by atoms with Gasteiger partial charge in [0.15, 0.2) is 0 Å². The minimum atomic E-state index is -3.96. The van der Waals surface area contributed by atoms with Crippen LogP contribution in [0, 0.1) is 5.82 Å². The minimum Gasteiger partial charge on any atom is -0.474 e. The van der Waals surface area contributed by atoms with Gasteiger partial charge in [-0.05, 0) is 36.8 Å². The summed E-state index contributed by atoms with van der Waals surface area (Å²) in [6.45, 7) is 1.09. The number of fused-ring (bicyclic) bond motifs is 1. The van der Waals surface area contributed by atoms with Crippen molar-refractivity contribution in [1.82, 2.24) is 10.3 Å². The number of anilines is 1. The first-order valence-electron chi connectivity index (χ1n) is 8.62. The lowest BCUT2D eigenvalue weighted by Gasteiger charge is -2.29. The number of halogens is 1. The molecule has 0 fully saturated rings. The number of hydrogen-bond acceptors (Lipinski definition) is 6. The van der Waals surface area contributed by atoms with Crippen LogP contribution in [0.3, 0.4) is 0 Å². The summed E-state index contributed by atoms with van der Waals surface area (Å²) in [6, 6.07) is 5.97. The summed E-state index contributed by atoms with van der Waals surface area (Å²) in [7, 11) is -2.39. The molecule has 0 saturated heterocycles. The van der Waals surface area contributed by atoms with E-state index in [0.29, 0.717) is 19.6 Å². The third kappa shape index (κ3) is 4.23. The van der Waals surface area contributed by atoms with E-state index in [9.17, 15) is 17.6 Å². The molecule has 1 aromatic carbocycles. The van der Waals surface area contributed by atoms with E-state index in [1.807, 2.05) is 0 Å². The Morgan fingerprint density at radius 3 is 2.82 bits per heavy atom. The van der Waals surface area contributed by atoms with Crippen molar-refractivity contribution < 1.29 is 27.1 Å². The van der Waals surface area contributed by atoms with Crippen LogP contribution in [-0.4, -0.2) is 52.7 Å². The van der Waals surface area contributed by atoms with E-state index in [0.717, 1.165) is 16.4 Å². The number of carbonyl (C=O) groups excluding carboxylic acids is 1. The zero-order valence-electron chi connectivity index (χ0n) is 15.2. The lowest BCUT2D eigenvalue weighted by molar-refractivity contribution is 0.0948. The molecule has 28 heavy (non-hydrogen) atoms. The second-order valence-corrected chi connectivity index (χ2v) is 7.89. The fraction of sp³-hybridized carbons (Fsp3) is 0.333. The highest BCUT2D eigenvalue weighted by molar-refractivity contribution is 7.92. The molecular weight excluding hydrogens is 389 g/mol. The van der Waals surface area contributed by atoms with E-state index in [-0.39, 0.29) is 41.1 Å². The summed E-state index contributed by atoms with van der Waals surface area (Å²) in [4.78, 5) is 16.3. The molecule has 1 aromatic heterocycles. The van der Waals surface area contributed by atoms with E-state index in [1.54, 1.807) is 7.11 Å². The van der Waals surface area contributed by atoms with Gasteiger partial charge in [0.1, 0.15) is 18.1 Å². The molecule has 2 aromatic rings. The van der Waals surface area contributed by atoms with Crippen molar-refractivity contribution in [3.05, 3.63) is 47.9 Å². The fourth-order valence-corrected chi connectivity index (χ4v) is 4.14. The van der Waals surface area contributed by atoms with Crippen LogP contribution in [0.15, 0.2) is 41.4 Å². The molecule has 0 aliphatic carbocycles. The average molecular weight is 409 g/mol. The first-order valence-corrected chi connectivity index (χ1v) is 10.1. The molecule has 1 amide bonds. The van der Waals surface area contributed by atoms with Crippen LogP contribution in [0.4, 0.5) is 10.1 Å². The Morgan fingerprint density at radius 2 is 2.11 bits per heavy atom. The maximum Gasteiger partial charge on any atom is 0.264 e. The number of ether oxygens (including phenoxy) is 2. The lowest BCUT2D eigenvalue weighted by Crippen LogP contribution is -2.38. The molecular formula is C18H20FN3O5S. The van der Waals surface area contributed by atoms with Crippen LogP contribution in [0.2, 0.25) is 0 Å². The molecule has 8 nitrogen and oxygen atoms in total. The van der Waals surface area contributed by atoms with Crippen LogP contribution >= 0.6 is 0 Å². The largest absolute Gasteiger partial charge is 0.474 e. The van der Waals surface area contributed by atoms with E-state index in [1.165, 1.54) is 24.4 Å². The highest BCUT2D eigenvalue weighted by Gasteiger charge is 2.31. The van der Waals surface area contributed by atoms with Crippen molar-refractivity contribution in [3.8, 4) is 5.88 Å². The smallest absolute Gasteiger partial charge is 0.264 e. The van der Waals surface area contributed by atoms with E-state index in [2.05, 4.69) is 10.3 Å². The van der Waals surface area contributed by atoms with Crippen molar-refractivity contribution in [2.24, 2.45) is 0 Å². The number of nitrogens with one attached hydrogen (secondary N) is 1. The van der Waals surface area contributed by atoms with Gasteiger partial charge in [-0.15, -0.1) is 0 Å².